The van der Waals surface area contributed by atoms with Gasteiger partial charge in [-0.1, -0.05) is 6.07 Å². The van der Waals surface area contributed by atoms with Crippen LogP contribution in [0.1, 0.15) is 18.4 Å². The first-order valence-electron chi connectivity index (χ1n) is 5.96. The normalized spacial score (nSPS) is 17.4. The zero-order valence-corrected chi connectivity index (χ0v) is 13.9. The van der Waals surface area contributed by atoms with Crippen LogP contribution in [0.4, 0.5) is 0 Å². The van der Waals surface area contributed by atoms with Crippen molar-refractivity contribution in [3.63, 3.8) is 0 Å². The summed E-state index contributed by atoms with van der Waals surface area (Å²) in [7, 11) is -3.47. The quantitative estimate of drug-likeness (QED) is 0.810. The van der Waals surface area contributed by atoms with E-state index >= 15 is 0 Å². The Bertz CT molecular complexity index is 571. The van der Waals surface area contributed by atoms with Crippen molar-refractivity contribution in [2.45, 2.75) is 29.0 Å². The standard InChI is InChI=1S/C12H17BrN2O2S2/c1-18-12(4-5-12)8-15-19(16,17)11-3-2-9(7-14)6-10(11)13/h2-3,6,15H,4-5,7-8,14H2,1H3. The van der Waals surface area contributed by atoms with Crippen LogP contribution in [0.15, 0.2) is 27.6 Å². The maximum atomic E-state index is 12.3. The molecule has 3 N–H and O–H groups in total. The molecule has 106 valence electrons. The van der Waals surface area contributed by atoms with Crippen molar-refractivity contribution in [1.82, 2.24) is 4.72 Å². The smallest absolute Gasteiger partial charge is 0.241 e. The van der Waals surface area contributed by atoms with E-state index in [1.165, 1.54) is 0 Å². The zero-order valence-electron chi connectivity index (χ0n) is 10.6. The summed E-state index contributed by atoms with van der Waals surface area (Å²) < 4.78 is 27.9. The zero-order chi connectivity index (χ0) is 14.1. The maximum Gasteiger partial charge on any atom is 0.241 e. The van der Waals surface area contributed by atoms with Crippen LogP contribution < -0.4 is 10.5 Å². The van der Waals surface area contributed by atoms with Crippen LogP contribution in [0, 0.1) is 0 Å². The van der Waals surface area contributed by atoms with E-state index in [1.807, 2.05) is 6.26 Å². The molecule has 0 spiro atoms. The molecule has 0 aromatic heterocycles. The van der Waals surface area contributed by atoms with Crippen molar-refractivity contribution in [2.75, 3.05) is 12.8 Å². The van der Waals surface area contributed by atoms with Crippen LogP contribution in [-0.2, 0) is 16.6 Å². The van der Waals surface area contributed by atoms with Gasteiger partial charge in [-0.25, -0.2) is 13.1 Å². The number of rotatable bonds is 6. The lowest BCUT2D eigenvalue weighted by atomic mass is 10.2. The van der Waals surface area contributed by atoms with Crippen molar-refractivity contribution in [3.8, 4) is 0 Å². The van der Waals surface area contributed by atoms with Gasteiger partial charge < -0.3 is 5.73 Å². The largest absolute Gasteiger partial charge is 0.326 e. The summed E-state index contributed by atoms with van der Waals surface area (Å²) in [5.74, 6) is 0. The van der Waals surface area contributed by atoms with Gasteiger partial charge in [0.2, 0.25) is 10.0 Å². The number of benzene rings is 1. The molecule has 1 aromatic rings. The van der Waals surface area contributed by atoms with Gasteiger partial charge in [-0.05, 0) is 52.7 Å². The first-order valence-corrected chi connectivity index (χ1v) is 9.46. The van der Waals surface area contributed by atoms with Crippen LogP contribution >= 0.6 is 27.7 Å². The summed E-state index contributed by atoms with van der Waals surface area (Å²) in [6.45, 7) is 0.878. The van der Waals surface area contributed by atoms with E-state index < -0.39 is 10.0 Å². The van der Waals surface area contributed by atoms with E-state index in [0.29, 0.717) is 17.6 Å². The first kappa shape index (κ1) is 15.3. The Morgan fingerprint density at radius 1 is 1.47 bits per heavy atom. The van der Waals surface area contributed by atoms with Crippen molar-refractivity contribution >= 4 is 37.7 Å². The van der Waals surface area contributed by atoms with Gasteiger partial charge in [-0.2, -0.15) is 11.8 Å². The van der Waals surface area contributed by atoms with E-state index in [9.17, 15) is 8.42 Å². The maximum absolute atomic E-state index is 12.3. The molecule has 0 bridgehead atoms. The Morgan fingerprint density at radius 3 is 2.63 bits per heavy atom. The van der Waals surface area contributed by atoms with Crippen molar-refractivity contribution in [1.29, 1.82) is 0 Å². The molecule has 0 aliphatic heterocycles. The summed E-state index contributed by atoms with van der Waals surface area (Å²) in [6.07, 6.45) is 4.17. The average molecular weight is 365 g/mol. The van der Waals surface area contributed by atoms with Crippen LogP contribution in [0.5, 0.6) is 0 Å². The lowest BCUT2D eigenvalue weighted by Gasteiger charge is -2.14. The fourth-order valence-electron chi connectivity index (χ4n) is 1.79. The molecule has 0 heterocycles. The third kappa shape index (κ3) is 3.52. The van der Waals surface area contributed by atoms with E-state index in [4.69, 9.17) is 5.73 Å². The topological polar surface area (TPSA) is 72.2 Å². The minimum Gasteiger partial charge on any atom is -0.326 e. The highest BCUT2D eigenvalue weighted by molar-refractivity contribution is 9.10. The highest BCUT2D eigenvalue weighted by Gasteiger charge is 2.42. The fraction of sp³-hybridized carbons (Fsp3) is 0.500. The average Bonchev–Trinajstić information content (AvgIpc) is 3.17. The highest BCUT2D eigenvalue weighted by atomic mass is 79.9. The predicted molar refractivity (Wildman–Crippen MR) is 82.7 cm³/mol. The number of nitrogens with two attached hydrogens (primary N) is 1. The van der Waals surface area contributed by atoms with Gasteiger partial charge >= 0.3 is 0 Å². The molecule has 0 amide bonds. The summed E-state index contributed by atoms with van der Waals surface area (Å²) in [6, 6.07) is 5.07. The first-order chi connectivity index (χ1) is 8.92. The molecule has 1 aromatic carbocycles. The molecule has 2 rings (SSSR count). The molecular formula is C12H17BrN2O2S2. The second kappa shape index (κ2) is 5.73. The predicted octanol–water partition coefficient (Wildman–Crippen LogP) is 2.08. The molecule has 0 saturated heterocycles. The Balaban J connectivity index is 2.15. The van der Waals surface area contributed by atoms with Crippen LogP contribution in [0.3, 0.4) is 0 Å². The van der Waals surface area contributed by atoms with Gasteiger partial charge in [0.1, 0.15) is 0 Å². The Hall–Kier alpha value is -0.0800. The summed E-state index contributed by atoms with van der Waals surface area (Å²) >= 11 is 5.03. The van der Waals surface area contributed by atoms with Gasteiger partial charge in [0.15, 0.2) is 0 Å². The van der Waals surface area contributed by atoms with Crippen LogP contribution in [-0.4, -0.2) is 26.0 Å². The molecule has 7 heteroatoms. The van der Waals surface area contributed by atoms with Gasteiger partial charge in [0.25, 0.3) is 0 Å². The Kier molecular flexibility index (Phi) is 4.62. The molecule has 0 unspecified atom stereocenters. The van der Waals surface area contributed by atoms with Crippen LogP contribution in [0.25, 0.3) is 0 Å². The third-order valence-corrected chi connectivity index (χ3v) is 7.14. The van der Waals surface area contributed by atoms with E-state index in [1.54, 1.807) is 30.0 Å². The number of halogens is 1. The Labute approximate surface area is 126 Å². The van der Waals surface area contributed by atoms with E-state index in [0.717, 1.165) is 18.4 Å². The summed E-state index contributed by atoms with van der Waals surface area (Å²) in [5, 5.41) is 0. The minimum atomic E-state index is -3.47. The van der Waals surface area contributed by atoms with Gasteiger partial charge in [-0.15, -0.1) is 0 Å². The lowest BCUT2D eigenvalue weighted by Crippen LogP contribution is -2.32. The van der Waals surface area contributed by atoms with E-state index in [2.05, 4.69) is 20.7 Å². The second-order valence-corrected chi connectivity index (χ2v) is 8.54. The molecule has 1 aliphatic rings. The number of thioether (sulfide) groups is 1. The number of sulfonamides is 1. The Morgan fingerprint density at radius 2 is 2.16 bits per heavy atom. The molecule has 19 heavy (non-hydrogen) atoms. The number of hydrogen-bond acceptors (Lipinski definition) is 4. The third-order valence-electron chi connectivity index (χ3n) is 3.35. The van der Waals surface area contributed by atoms with E-state index in [-0.39, 0.29) is 9.64 Å². The molecule has 0 radical (unpaired) electrons. The molecule has 1 fully saturated rings. The monoisotopic (exact) mass is 364 g/mol. The molecule has 0 atom stereocenters. The molecule has 4 nitrogen and oxygen atoms in total. The van der Waals surface area contributed by atoms with Gasteiger partial charge in [0, 0.05) is 22.3 Å². The fourth-order valence-corrected chi connectivity index (χ4v) is 4.85. The number of nitrogens with one attached hydrogen (secondary N) is 1. The van der Waals surface area contributed by atoms with Gasteiger partial charge in [0.05, 0.1) is 4.90 Å². The van der Waals surface area contributed by atoms with Crippen LogP contribution in [0.2, 0.25) is 0 Å². The minimum absolute atomic E-state index is 0.108. The lowest BCUT2D eigenvalue weighted by molar-refractivity contribution is 0.579. The molecule has 1 aliphatic carbocycles. The molecular weight excluding hydrogens is 348 g/mol. The van der Waals surface area contributed by atoms with Crippen molar-refractivity contribution < 1.29 is 8.42 Å². The second-order valence-electron chi connectivity index (χ2n) is 4.68. The summed E-state index contributed by atoms with van der Waals surface area (Å²) in [5.41, 5.74) is 6.43. The highest BCUT2D eigenvalue weighted by Crippen LogP contribution is 2.46. The van der Waals surface area contributed by atoms with Gasteiger partial charge in [-0.3, -0.25) is 0 Å². The SMILES string of the molecule is CSC1(CNS(=O)(=O)c2ccc(CN)cc2Br)CC1. The van der Waals surface area contributed by atoms with Crippen molar-refractivity contribution in [2.24, 2.45) is 5.73 Å². The van der Waals surface area contributed by atoms with Crippen molar-refractivity contribution in [3.05, 3.63) is 28.2 Å². The molecule has 1 saturated carbocycles. The number of hydrogen-bond donors (Lipinski definition) is 2. The summed E-state index contributed by atoms with van der Waals surface area (Å²) in [4.78, 5) is 0.265.